The highest BCUT2D eigenvalue weighted by molar-refractivity contribution is 7.89. The Morgan fingerprint density at radius 1 is 1.27 bits per heavy atom. The molecule has 1 atom stereocenters. The summed E-state index contributed by atoms with van der Waals surface area (Å²) in [6, 6.07) is 6.24. The number of rotatable bonds is 4. The second-order valence-electron chi connectivity index (χ2n) is 6.79. The van der Waals surface area contributed by atoms with Gasteiger partial charge >= 0.3 is 0 Å². The molecule has 0 aliphatic carbocycles. The molecule has 3 rings (SSSR count). The number of nitrogens with one attached hydrogen (secondary N) is 1. The number of carbonyl (C=O) groups excluding carboxylic acids is 1. The van der Waals surface area contributed by atoms with E-state index in [1.165, 1.54) is 12.1 Å². The first-order valence-corrected chi connectivity index (χ1v) is 10.1. The number of aromatic nitrogens is 1. The molecule has 0 radical (unpaired) electrons. The van der Waals surface area contributed by atoms with Crippen LogP contribution >= 0.6 is 0 Å². The maximum atomic E-state index is 12.8. The molecule has 7 nitrogen and oxygen atoms in total. The monoisotopic (exact) mass is 377 g/mol. The van der Waals surface area contributed by atoms with Crippen molar-refractivity contribution in [1.82, 2.24) is 9.46 Å². The number of nitrogens with zero attached hydrogens (tertiary/aromatic N) is 2. The smallest absolute Gasteiger partial charge is 0.261 e. The van der Waals surface area contributed by atoms with Gasteiger partial charge in [-0.05, 0) is 56.9 Å². The number of piperidine rings is 1. The summed E-state index contributed by atoms with van der Waals surface area (Å²) in [7, 11) is -3.50. The molecule has 0 spiro atoms. The van der Waals surface area contributed by atoms with Gasteiger partial charge in [-0.15, -0.1) is 0 Å². The standard InChI is InChI=1S/C18H23N3O4S/c1-12-5-4-10-21(11-12)26(23,24)16-8-6-15(7-9-16)19-18(22)17-13(2)20-25-14(17)3/h6-9,12H,4-5,10-11H2,1-3H3,(H,19,22). The molecule has 1 amide bonds. The van der Waals surface area contributed by atoms with Crippen LogP contribution in [-0.2, 0) is 10.0 Å². The molecule has 1 aliphatic heterocycles. The fourth-order valence-electron chi connectivity index (χ4n) is 3.22. The first kappa shape index (κ1) is 18.6. The Kier molecular flexibility index (Phi) is 5.15. The summed E-state index contributed by atoms with van der Waals surface area (Å²) in [6.07, 6.45) is 1.94. The van der Waals surface area contributed by atoms with Crippen LogP contribution in [0.1, 0.15) is 41.6 Å². The van der Waals surface area contributed by atoms with Crippen LogP contribution in [0.2, 0.25) is 0 Å². The molecule has 140 valence electrons. The maximum absolute atomic E-state index is 12.8. The van der Waals surface area contributed by atoms with E-state index in [0.717, 1.165) is 12.8 Å². The van der Waals surface area contributed by atoms with Crippen molar-refractivity contribution in [3.8, 4) is 0 Å². The van der Waals surface area contributed by atoms with Gasteiger partial charge in [0.25, 0.3) is 5.91 Å². The van der Waals surface area contributed by atoms with Crippen molar-refractivity contribution in [3.05, 3.63) is 41.3 Å². The topological polar surface area (TPSA) is 92.5 Å². The van der Waals surface area contributed by atoms with Crippen LogP contribution < -0.4 is 5.32 Å². The summed E-state index contributed by atoms with van der Waals surface area (Å²) in [5.74, 6) is 0.479. The van der Waals surface area contributed by atoms with Crippen molar-refractivity contribution in [2.24, 2.45) is 5.92 Å². The quantitative estimate of drug-likeness (QED) is 0.884. The Hall–Kier alpha value is -2.19. The molecule has 1 aliphatic rings. The van der Waals surface area contributed by atoms with Gasteiger partial charge in [0, 0.05) is 18.8 Å². The molecule has 0 bridgehead atoms. The van der Waals surface area contributed by atoms with Crippen LogP contribution in [0.4, 0.5) is 5.69 Å². The van der Waals surface area contributed by atoms with Crippen LogP contribution in [-0.4, -0.2) is 36.9 Å². The van der Waals surface area contributed by atoms with Gasteiger partial charge in [0.2, 0.25) is 10.0 Å². The second-order valence-corrected chi connectivity index (χ2v) is 8.73. The predicted molar refractivity (Wildman–Crippen MR) is 97.5 cm³/mol. The van der Waals surface area contributed by atoms with Gasteiger partial charge in [0.05, 0.1) is 10.6 Å². The van der Waals surface area contributed by atoms with Gasteiger partial charge in [-0.1, -0.05) is 12.1 Å². The SMILES string of the molecule is Cc1noc(C)c1C(=O)Nc1ccc(S(=O)(=O)N2CCCC(C)C2)cc1. The van der Waals surface area contributed by atoms with Gasteiger partial charge in [-0.2, -0.15) is 4.31 Å². The van der Waals surface area contributed by atoms with E-state index in [0.29, 0.717) is 41.7 Å². The first-order valence-electron chi connectivity index (χ1n) is 8.63. The lowest BCUT2D eigenvalue weighted by Gasteiger charge is -2.30. The van der Waals surface area contributed by atoms with E-state index >= 15 is 0 Å². The highest BCUT2D eigenvalue weighted by Gasteiger charge is 2.28. The minimum atomic E-state index is -3.50. The maximum Gasteiger partial charge on any atom is 0.261 e. The van der Waals surface area contributed by atoms with E-state index < -0.39 is 10.0 Å². The first-order chi connectivity index (χ1) is 12.3. The van der Waals surface area contributed by atoms with Crippen LogP contribution in [0.15, 0.2) is 33.7 Å². The normalized spacial score (nSPS) is 18.7. The minimum Gasteiger partial charge on any atom is -0.361 e. The number of anilines is 1. The Balaban J connectivity index is 1.75. The van der Waals surface area contributed by atoms with E-state index in [2.05, 4.69) is 17.4 Å². The van der Waals surface area contributed by atoms with Crippen LogP contribution in [0.3, 0.4) is 0 Å². The Morgan fingerprint density at radius 2 is 1.96 bits per heavy atom. The fourth-order valence-corrected chi connectivity index (χ4v) is 4.82. The van der Waals surface area contributed by atoms with E-state index in [-0.39, 0.29) is 10.8 Å². The average molecular weight is 377 g/mol. The zero-order valence-corrected chi connectivity index (χ0v) is 16.0. The zero-order valence-electron chi connectivity index (χ0n) is 15.2. The summed E-state index contributed by atoms with van der Waals surface area (Å²) in [6.45, 7) is 6.53. The molecule has 1 fully saturated rings. The van der Waals surface area contributed by atoms with Crippen molar-refractivity contribution < 1.29 is 17.7 Å². The van der Waals surface area contributed by atoms with E-state index in [1.54, 1.807) is 30.3 Å². The number of carbonyl (C=O) groups is 1. The molecular formula is C18H23N3O4S. The van der Waals surface area contributed by atoms with Crippen molar-refractivity contribution in [3.63, 3.8) is 0 Å². The highest BCUT2D eigenvalue weighted by Crippen LogP contribution is 2.24. The molecule has 0 saturated carbocycles. The van der Waals surface area contributed by atoms with E-state index in [9.17, 15) is 13.2 Å². The molecule has 1 aromatic carbocycles. The number of hydrogen-bond acceptors (Lipinski definition) is 5. The van der Waals surface area contributed by atoms with Gasteiger partial charge < -0.3 is 9.84 Å². The lowest BCUT2D eigenvalue weighted by molar-refractivity contribution is 0.102. The Bertz CT molecular complexity index is 884. The lowest BCUT2D eigenvalue weighted by atomic mass is 10.0. The molecule has 1 unspecified atom stereocenters. The fraction of sp³-hybridized carbons (Fsp3) is 0.444. The molecule has 1 aromatic heterocycles. The minimum absolute atomic E-state index is 0.238. The third-order valence-electron chi connectivity index (χ3n) is 4.63. The summed E-state index contributed by atoms with van der Waals surface area (Å²) in [5.41, 5.74) is 1.42. The molecule has 8 heteroatoms. The summed E-state index contributed by atoms with van der Waals surface area (Å²) < 4.78 is 32.1. The molecule has 2 aromatic rings. The third kappa shape index (κ3) is 3.66. The second kappa shape index (κ2) is 7.20. The van der Waals surface area contributed by atoms with Crippen molar-refractivity contribution in [2.75, 3.05) is 18.4 Å². The average Bonchev–Trinajstić information content (AvgIpc) is 2.94. The van der Waals surface area contributed by atoms with Crippen LogP contribution in [0.5, 0.6) is 0 Å². The van der Waals surface area contributed by atoms with E-state index in [1.807, 2.05) is 0 Å². The summed E-state index contributed by atoms with van der Waals surface area (Å²) in [4.78, 5) is 12.6. The van der Waals surface area contributed by atoms with Gasteiger partial charge in [-0.3, -0.25) is 4.79 Å². The van der Waals surface area contributed by atoms with Gasteiger partial charge in [-0.25, -0.2) is 8.42 Å². The third-order valence-corrected chi connectivity index (χ3v) is 6.51. The van der Waals surface area contributed by atoms with Crippen molar-refractivity contribution in [2.45, 2.75) is 38.5 Å². The zero-order chi connectivity index (χ0) is 18.9. The molecular weight excluding hydrogens is 354 g/mol. The lowest BCUT2D eigenvalue weighted by Crippen LogP contribution is -2.39. The Morgan fingerprint density at radius 3 is 2.54 bits per heavy atom. The summed E-state index contributed by atoms with van der Waals surface area (Å²) >= 11 is 0. The number of sulfonamides is 1. The van der Waals surface area contributed by atoms with Gasteiger partial charge in [0.1, 0.15) is 11.3 Å². The number of benzene rings is 1. The molecule has 1 saturated heterocycles. The summed E-state index contributed by atoms with van der Waals surface area (Å²) in [5, 5.41) is 6.51. The van der Waals surface area contributed by atoms with Gasteiger partial charge in [0.15, 0.2) is 0 Å². The number of hydrogen-bond donors (Lipinski definition) is 1. The highest BCUT2D eigenvalue weighted by atomic mass is 32.2. The molecule has 2 heterocycles. The number of aryl methyl sites for hydroxylation is 2. The van der Waals surface area contributed by atoms with E-state index in [4.69, 9.17) is 4.52 Å². The predicted octanol–water partition coefficient (Wildman–Crippen LogP) is 2.96. The van der Waals surface area contributed by atoms with Crippen LogP contribution in [0.25, 0.3) is 0 Å². The molecule has 26 heavy (non-hydrogen) atoms. The largest absolute Gasteiger partial charge is 0.361 e. The van der Waals surface area contributed by atoms with Crippen molar-refractivity contribution in [1.29, 1.82) is 0 Å². The Labute approximate surface area is 153 Å². The van der Waals surface area contributed by atoms with Crippen molar-refractivity contribution >= 4 is 21.6 Å². The van der Waals surface area contributed by atoms with Crippen LogP contribution in [0, 0.1) is 19.8 Å². The number of amides is 1. The molecule has 1 N–H and O–H groups in total.